The van der Waals surface area contributed by atoms with Crippen LogP contribution in [-0.2, 0) is 34.9 Å². The normalized spacial score (nSPS) is 17.5. The molecule has 2 atom stereocenters. The summed E-state index contributed by atoms with van der Waals surface area (Å²) in [5.41, 5.74) is -0.798. The molecule has 20 heteroatoms. The molecule has 0 aliphatic carbocycles. The molecular weight excluding hydrogens is 770 g/mol. The second kappa shape index (κ2) is 17.2. The van der Waals surface area contributed by atoms with Gasteiger partial charge in [-0.15, -0.1) is 0 Å². The Morgan fingerprint density at radius 2 is 0.983 bits per heavy atom. The van der Waals surface area contributed by atoms with E-state index in [1.807, 2.05) is 23.6 Å². The number of hydrogen-bond acceptors (Lipinski definition) is 14. The lowest BCUT2D eigenvalue weighted by molar-refractivity contribution is -0.142. The van der Waals surface area contributed by atoms with E-state index in [4.69, 9.17) is 9.47 Å². The van der Waals surface area contributed by atoms with Gasteiger partial charge in [0, 0.05) is 62.1 Å². The highest BCUT2D eigenvalue weighted by Crippen LogP contribution is 2.33. The van der Waals surface area contributed by atoms with Crippen molar-refractivity contribution in [3.8, 4) is 0 Å². The van der Waals surface area contributed by atoms with Gasteiger partial charge in [0.1, 0.15) is 23.0 Å². The summed E-state index contributed by atoms with van der Waals surface area (Å²) in [7, 11) is 0. The summed E-state index contributed by atoms with van der Waals surface area (Å²) in [6.07, 6.45) is -3.55. The maximum Gasteiger partial charge on any atom is 0.433 e. The first-order chi connectivity index (χ1) is 27.9. The van der Waals surface area contributed by atoms with Crippen LogP contribution < -0.4 is 20.4 Å². The molecular formula is C38H38F6N12O2. The molecule has 2 aliphatic rings. The minimum atomic E-state index is -4.53. The highest BCUT2D eigenvalue weighted by Gasteiger charge is 2.36. The lowest BCUT2D eigenvalue weighted by atomic mass is 10.2. The highest BCUT2D eigenvalue weighted by atomic mass is 19.4. The monoisotopic (exact) mass is 808 g/mol. The van der Waals surface area contributed by atoms with Gasteiger partial charge in [-0.25, -0.2) is 9.97 Å². The van der Waals surface area contributed by atoms with Crippen LogP contribution in [-0.4, -0.2) is 91.5 Å². The first-order valence-corrected chi connectivity index (χ1v) is 18.3. The van der Waals surface area contributed by atoms with E-state index in [0.29, 0.717) is 85.1 Å². The SMILES string of the molecule is CC1COCCN1c1nc(NCc2cccnc2C(F)(F)F)c2cccnc2n1.CC1COCCN1c1nc(NCc2cccnc2C(F)(F)F)c2cccnc2n1. The molecule has 58 heavy (non-hydrogen) atoms. The third kappa shape index (κ3) is 9.23. The molecule has 2 fully saturated rings. The van der Waals surface area contributed by atoms with Gasteiger partial charge in [-0.1, -0.05) is 12.1 Å². The van der Waals surface area contributed by atoms with Gasteiger partial charge in [0.05, 0.1) is 49.3 Å². The largest absolute Gasteiger partial charge is 0.433 e. The number of nitrogens with zero attached hydrogens (tertiary/aromatic N) is 10. The smallest absolute Gasteiger partial charge is 0.377 e. The number of pyridine rings is 4. The molecule has 0 aromatic carbocycles. The maximum absolute atomic E-state index is 13.2. The Balaban J connectivity index is 0.000000177. The number of anilines is 4. The van der Waals surface area contributed by atoms with Crippen molar-refractivity contribution < 1.29 is 35.8 Å². The number of hydrogen-bond donors (Lipinski definition) is 2. The first kappa shape index (κ1) is 40.2. The van der Waals surface area contributed by atoms with Gasteiger partial charge in [0.25, 0.3) is 0 Å². The average Bonchev–Trinajstić information content (AvgIpc) is 3.22. The summed E-state index contributed by atoms with van der Waals surface area (Å²) < 4.78 is 90.3. The van der Waals surface area contributed by atoms with Crippen LogP contribution in [0.5, 0.6) is 0 Å². The van der Waals surface area contributed by atoms with Crippen molar-refractivity contribution in [2.75, 3.05) is 60.0 Å². The number of morpholine rings is 2. The Kier molecular flexibility index (Phi) is 11.9. The van der Waals surface area contributed by atoms with Crippen LogP contribution in [0.3, 0.4) is 0 Å². The Bertz CT molecular complexity index is 2190. The summed E-state index contributed by atoms with van der Waals surface area (Å²) in [5.74, 6) is 1.79. The van der Waals surface area contributed by atoms with Gasteiger partial charge in [0.15, 0.2) is 11.3 Å². The van der Waals surface area contributed by atoms with E-state index in [0.717, 1.165) is 12.4 Å². The fourth-order valence-electron chi connectivity index (χ4n) is 6.51. The van der Waals surface area contributed by atoms with Crippen LogP contribution in [0.25, 0.3) is 22.1 Å². The molecule has 8 rings (SSSR count). The average molecular weight is 809 g/mol. The van der Waals surface area contributed by atoms with Crippen LogP contribution >= 0.6 is 0 Å². The van der Waals surface area contributed by atoms with Gasteiger partial charge in [-0.2, -0.15) is 46.3 Å². The van der Waals surface area contributed by atoms with Gasteiger partial charge < -0.3 is 29.9 Å². The second-order valence-electron chi connectivity index (χ2n) is 13.5. The molecule has 0 bridgehead atoms. The molecule has 2 unspecified atom stereocenters. The molecule has 0 spiro atoms. The Labute approximate surface area is 328 Å². The molecule has 2 saturated heterocycles. The van der Waals surface area contributed by atoms with Gasteiger partial charge in [-0.05, 0) is 50.2 Å². The first-order valence-electron chi connectivity index (χ1n) is 18.3. The summed E-state index contributed by atoms with van der Waals surface area (Å²) in [6.45, 7) is 7.31. The number of fused-ring (bicyclic) bond motifs is 2. The van der Waals surface area contributed by atoms with Crippen molar-refractivity contribution in [3.63, 3.8) is 0 Å². The van der Waals surface area contributed by atoms with Gasteiger partial charge in [0.2, 0.25) is 11.9 Å². The zero-order valence-electron chi connectivity index (χ0n) is 31.3. The molecule has 6 aromatic heterocycles. The zero-order valence-corrected chi connectivity index (χ0v) is 31.3. The van der Waals surface area contributed by atoms with Crippen molar-refractivity contribution in [2.24, 2.45) is 0 Å². The van der Waals surface area contributed by atoms with Crippen molar-refractivity contribution in [1.29, 1.82) is 0 Å². The predicted octanol–water partition coefficient (Wildman–Crippen LogP) is 6.55. The van der Waals surface area contributed by atoms with Crippen molar-refractivity contribution in [1.82, 2.24) is 39.9 Å². The summed E-state index contributed by atoms with van der Waals surface area (Å²) in [6, 6.07) is 12.9. The van der Waals surface area contributed by atoms with E-state index in [-0.39, 0.29) is 36.3 Å². The number of aromatic nitrogens is 8. The third-order valence-electron chi connectivity index (χ3n) is 9.38. The van der Waals surface area contributed by atoms with E-state index in [1.54, 1.807) is 36.7 Å². The van der Waals surface area contributed by atoms with Crippen LogP contribution in [0.4, 0.5) is 49.9 Å². The van der Waals surface area contributed by atoms with Crippen molar-refractivity contribution in [3.05, 3.63) is 95.8 Å². The summed E-state index contributed by atoms with van der Waals surface area (Å²) in [5, 5.41) is 7.31. The lowest BCUT2D eigenvalue weighted by Gasteiger charge is -2.33. The Morgan fingerprint density at radius 1 is 0.586 bits per heavy atom. The molecule has 8 heterocycles. The summed E-state index contributed by atoms with van der Waals surface area (Å²) in [4.78, 5) is 37.8. The maximum atomic E-state index is 13.2. The Morgan fingerprint density at radius 3 is 1.38 bits per heavy atom. The van der Waals surface area contributed by atoms with Crippen LogP contribution in [0.2, 0.25) is 0 Å². The molecule has 6 aromatic rings. The van der Waals surface area contributed by atoms with Gasteiger partial charge in [-0.3, -0.25) is 9.97 Å². The molecule has 304 valence electrons. The van der Waals surface area contributed by atoms with Crippen LogP contribution in [0.1, 0.15) is 36.4 Å². The molecule has 2 N–H and O–H groups in total. The molecule has 0 amide bonds. The molecule has 14 nitrogen and oxygen atoms in total. The molecule has 2 aliphatic heterocycles. The molecule has 0 saturated carbocycles. The van der Waals surface area contributed by atoms with E-state index in [1.165, 1.54) is 24.3 Å². The fraction of sp³-hybridized carbons (Fsp3) is 0.368. The van der Waals surface area contributed by atoms with Crippen LogP contribution in [0.15, 0.2) is 73.3 Å². The predicted molar refractivity (Wildman–Crippen MR) is 203 cm³/mol. The fourth-order valence-corrected chi connectivity index (χ4v) is 6.51. The number of rotatable bonds is 8. The number of halogens is 6. The standard InChI is InChI=1S/2C19H19F3N6O/c2*1-12-11-29-9-8-28(12)18-26-16-14(5-3-7-24-16)17(27-18)25-10-13-4-2-6-23-15(13)19(20,21)22/h2*2-7,12H,8-11H2,1H3,(H,24,25,26,27). The lowest BCUT2D eigenvalue weighted by Crippen LogP contribution is -2.44. The van der Waals surface area contributed by atoms with Crippen molar-refractivity contribution in [2.45, 2.75) is 51.4 Å². The number of alkyl halides is 6. The zero-order chi connectivity index (χ0) is 40.9. The minimum Gasteiger partial charge on any atom is -0.377 e. The van der Waals surface area contributed by atoms with Crippen molar-refractivity contribution >= 4 is 45.6 Å². The topological polar surface area (TPSA) is 152 Å². The highest BCUT2D eigenvalue weighted by molar-refractivity contribution is 5.88. The quantitative estimate of drug-likeness (QED) is 0.160. The number of ether oxygens (including phenoxy) is 2. The van der Waals surface area contributed by atoms with Gasteiger partial charge >= 0.3 is 12.4 Å². The summed E-state index contributed by atoms with van der Waals surface area (Å²) >= 11 is 0. The van der Waals surface area contributed by atoms with E-state index in [9.17, 15) is 26.3 Å². The molecule has 0 radical (unpaired) electrons. The third-order valence-corrected chi connectivity index (χ3v) is 9.38. The van der Waals surface area contributed by atoms with E-state index < -0.39 is 23.7 Å². The van der Waals surface area contributed by atoms with E-state index in [2.05, 4.69) is 50.5 Å². The van der Waals surface area contributed by atoms with E-state index >= 15 is 0 Å². The second-order valence-corrected chi connectivity index (χ2v) is 13.5. The minimum absolute atomic E-state index is 0.0388. The van der Waals surface area contributed by atoms with Crippen LogP contribution in [0, 0.1) is 0 Å². The Hall–Kier alpha value is -6.02. The number of nitrogens with one attached hydrogen (secondary N) is 2.